The third-order valence-electron chi connectivity index (χ3n) is 3.44. The van der Waals surface area contributed by atoms with Gasteiger partial charge in [0.25, 0.3) is 10.0 Å². The molecule has 25 heavy (non-hydrogen) atoms. The second kappa shape index (κ2) is 7.62. The monoisotopic (exact) mass is 377 g/mol. The van der Waals surface area contributed by atoms with Gasteiger partial charge in [0.05, 0.1) is 11.9 Å². The fourth-order valence-electron chi connectivity index (χ4n) is 2.21. The summed E-state index contributed by atoms with van der Waals surface area (Å²) in [4.78, 5) is 4.09. The van der Waals surface area contributed by atoms with Crippen LogP contribution in [0.2, 0.25) is 0 Å². The lowest BCUT2D eigenvalue weighted by Crippen LogP contribution is -2.12. The topological polar surface area (TPSA) is 71.1 Å². The van der Waals surface area contributed by atoms with E-state index in [1.165, 1.54) is 18.3 Å². The molecule has 0 spiro atoms. The van der Waals surface area contributed by atoms with Crippen molar-refractivity contribution in [3.05, 3.63) is 71.5 Å². The summed E-state index contributed by atoms with van der Waals surface area (Å²) in [5.41, 5.74) is 1.37. The number of pyridine rings is 1. The Morgan fingerprint density at radius 1 is 1.08 bits per heavy atom. The number of aromatic nitrogens is 1. The summed E-state index contributed by atoms with van der Waals surface area (Å²) >= 11 is 1.14. The zero-order chi connectivity index (χ0) is 17.7. The second-order valence-electron chi connectivity index (χ2n) is 5.24. The van der Waals surface area contributed by atoms with Gasteiger partial charge in [0.15, 0.2) is 0 Å². The molecule has 5 nitrogen and oxygen atoms in total. The van der Waals surface area contributed by atoms with E-state index in [4.69, 9.17) is 0 Å². The van der Waals surface area contributed by atoms with E-state index in [1.807, 2.05) is 0 Å². The van der Waals surface area contributed by atoms with Gasteiger partial charge in [-0.3, -0.25) is 4.72 Å². The van der Waals surface area contributed by atoms with Gasteiger partial charge in [-0.2, -0.15) is 0 Å². The first kappa shape index (κ1) is 17.4. The van der Waals surface area contributed by atoms with Crippen molar-refractivity contribution < 1.29 is 12.8 Å². The maximum Gasteiger partial charge on any atom is 0.272 e. The number of sulfonamides is 1. The smallest absolute Gasteiger partial charge is 0.272 e. The average Bonchev–Trinajstić information content (AvgIpc) is 3.13. The lowest BCUT2D eigenvalue weighted by Gasteiger charge is -2.09. The van der Waals surface area contributed by atoms with Gasteiger partial charge >= 0.3 is 0 Å². The highest BCUT2D eigenvalue weighted by molar-refractivity contribution is 7.94. The summed E-state index contributed by atoms with van der Waals surface area (Å²) in [5.74, 6) is 0.0220. The Bertz CT molecular complexity index is 927. The largest absolute Gasteiger partial charge is 0.383 e. The van der Waals surface area contributed by atoms with E-state index in [2.05, 4.69) is 15.0 Å². The van der Waals surface area contributed by atoms with Crippen molar-refractivity contribution in [1.29, 1.82) is 0 Å². The molecule has 130 valence electrons. The molecule has 0 aliphatic carbocycles. The molecule has 0 fully saturated rings. The molecule has 2 aromatic heterocycles. The Balaban J connectivity index is 1.56. The quantitative estimate of drug-likeness (QED) is 0.658. The number of anilines is 2. The van der Waals surface area contributed by atoms with E-state index in [9.17, 15) is 12.8 Å². The molecule has 0 unspecified atom stereocenters. The molecule has 2 N–H and O–H groups in total. The number of nitrogens with one attached hydrogen (secondary N) is 2. The van der Waals surface area contributed by atoms with Crippen LogP contribution >= 0.6 is 11.3 Å². The van der Waals surface area contributed by atoms with Gasteiger partial charge in [-0.15, -0.1) is 11.3 Å². The van der Waals surface area contributed by atoms with Crippen molar-refractivity contribution in [2.75, 3.05) is 16.6 Å². The third kappa shape index (κ3) is 4.55. The SMILES string of the molecule is O=S(=O)(Nc1ccc(NCCc2ccccc2F)cn1)c1cccs1. The van der Waals surface area contributed by atoms with E-state index >= 15 is 0 Å². The van der Waals surface area contributed by atoms with Crippen LogP contribution in [-0.2, 0) is 16.4 Å². The van der Waals surface area contributed by atoms with Crippen molar-refractivity contribution >= 4 is 32.9 Å². The first-order valence-corrected chi connectivity index (χ1v) is 9.90. The van der Waals surface area contributed by atoms with Crippen LogP contribution in [0.15, 0.2) is 64.3 Å². The lowest BCUT2D eigenvalue weighted by molar-refractivity contribution is 0.603. The van der Waals surface area contributed by atoms with Crippen LogP contribution in [-0.4, -0.2) is 19.9 Å². The minimum Gasteiger partial charge on any atom is -0.383 e. The first-order valence-electron chi connectivity index (χ1n) is 7.54. The molecule has 3 rings (SSSR count). The van der Waals surface area contributed by atoms with Gasteiger partial charge in [-0.05, 0) is 41.6 Å². The summed E-state index contributed by atoms with van der Waals surface area (Å²) in [5, 5.41) is 4.83. The number of nitrogens with zero attached hydrogens (tertiary/aromatic N) is 1. The number of rotatable bonds is 7. The minimum atomic E-state index is -3.60. The van der Waals surface area contributed by atoms with Gasteiger partial charge in [0, 0.05) is 6.54 Å². The highest BCUT2D eigenvalue weighted by atomic mass is 32.2. The summed E-state index contributed by atoms with van der Waals surface area (Å²) in [6.07, 6.45) is 2.08. The standard InChI is InChI=1S/C17H16FN3O2S2/c18-15-5-2-1-4-13(15)9-10-19-14-7-8-16(20-12-14)21-25(22,23)17-6-3-11-24-17/h1-8,11-12,19H,9-10H2,(H,20,21). The normalized spacial score (nSPS) is 11.2. The summed E-state index contributed by atoms with van der Waals surface area (Å²) in [6.45, 7) is 0.545. The van der Waals surface area contributed by atoms with E-state index < -0.39 is 10.0 Å². The Kier molecular flexibility index (Phi) is 5.30. The van der Waals surface area contributed by atoms with Crippen molar-refractivity contribution in [2.45, 2.75) is 10.6 Å². The zero-order valence-electron chi connectivity index (χ0n) is 13.1. The van der Waals surface area contributed by atoms with Crippen molar-refractivity contribution in [3.8, 4) is 0 Å². The van der Waals surface area contributed by atoms with E-state index in [0.29, 0.717) is 18.5 Å². The Morgan fingerprint density at radius 2 is 1.92 bits per heavy atom. The van der Waals surface area contributed by atoms with E-state index in [1.54, 1.807) is 41.8 Å². The Labute approximate surface area is 149 Å². The second-order valence-corrected chi connectivity index (χ2v) is 8.09. The van der Waals surface area contributed by atoms with Crippen LogP contribution in [0.25, 0.3) is 0 Å². The minimum absolute atomic E-state index is 0.222. The molecule has 3 aromatic rings. The van der Waals surface area contributed by atoms with Crippen LogP contribution < -0.4 is 10.0 Å². The average molecular weight is 377 g/mol. The van der Waals surface area contributed by atoms with E-state index in [-0.39, 0.29) is 15.8 Å². The fourth-order valence-corrected chi connectivity index (χ4v) is 4.21. The molecule has 2 heterocycles. The molecule has 0 amide bonds. The van der Waals surface area contributed by atoms with Crippen LogP contribution in [0, 0.1) is 5.82 Å². The predicted molar refractivity (Wildman–Crippen MR) is 98.0 cm³/mol. The van der Waals surface area contributed by atoms with Crippen molar-refractivity contribution in [1.82, 2.24) is 4.98 Å². The number of thiophene rings is 1. The molecule has 0 radical (unpaired) electrons. The summed E-state index contributed by atoms with van der Waals surface area (Å²) in [6, 6.07) is 13.2. The first-order chi connectivity index (χ1) is 12.0. The summed E-state index contributed by atoms with van der Waals surface area (Å²) < 4.78 is 40.4. The number of benzene rings is 1. The van der Waals surface area contributed by atoms with Gasteiger partial charge in [0.1, 0.15) is 15.8 Å². The molecule has 8 heteroatoms. The van der Waals surface area contributed by atoms with Crippen LogP contribution in [0.1, 0.15) is 5.56 Å². The predicted octanol–water partition coefficient (Wildman–Crippen LogP) is 3.74. The molecular formula is C17H16FN3O2S2. The Hall–Kier alpha value is -2.45. The molecule has 0 aliphatic rings. The zero-order valence-corrected chi connectivity index (χ0v) is 14.8. The highest BCUT2D eigenvalue weighted by Gasteiger charge is 2.15. The number of halogens is 1. The third-order valence-corrected chi connectivity index (χ3v) is 6.20. The maximum absolute atomic E-state index is 13.5. The Morgan fingerprint density at radius 3 is 2.60 bits per heavy atom. The molecule has 0 saturated carbocycles. The van der Waals surface area contributed by atoms with Gasteiger partial charge in [0.2, 0.25) is 0 Å². The lowest BCUT2D eigenvalue weighted by atomic mass is 10.1. The van der Waals surface area contributed by atoms with Crippen molar-refractivity contribution in [2.24, 2.45) is 0 Å². The highest BCUT2D eigenvalue weighted by Crippen LogP contribution is 2.19. The van der Waals surface area contributed by atoms with Gasteiger partial charge in [-0.1, -0.05) is 24.3 Å². The molecule has 0 aliphatic heterocycles. The summed E-state index contributed by atoms with van der Waals surface area (Å²) in [7, 11) is -3.60. The van der Waals surface area contributed by atoms with Gasteiger partial charge < -0.3 is 5.32 Å². The number of hydrogen-bond donors (Lipinski definition) is 2. The molecule has 0 saturated heterocycles. The molecular weight excluding hydrogens is 361 g/mol. The van der Waals surface area contributed by atoms with Crippen LogP contribution in [0.3, 0.4) is 0 Å². The fraction of sp³-hybridized carbons (Fsp3) is 0.118. The van der Waals surface area contributed by atoms with E-state index in [0.717, 1.165) is 17.0 Å². The molecule has 0 atom stereocenters. The van der Waals surface area contributed by atoms with Gasteiger partial charge in [-0.25, -0.2) is 17.8 Å². The molecule has 0 bridgehead atoms. The van der Waals surface area contributed by atoms with Crippen LogP contribution in [0.4, 0.5) is 15.9 Å². The maximum atomic E-state index is 13.5. The van der Waals surface area contributed by atoms with Crippen LogP contribution in [0.5, 0.6) is 0 Å². The molecule has 1 aromatic carbocycles. The number of hydrogen-bond acceptors (Lipinski definition) is 5. The van der Waals surface area contributed by atoms with Crippen molar-refractivity contribution in [3.63, 3.8) is 0 Å².